The molecule has 0 radical (unpaired) electrons. The molecular weight excluding hydrogens is 220 g/mol. The van der Waals surface area contributed by atoms with Crippen LogP contribution >= 0.6 is 0 Å². The highest BCUT2D eigenvalue weighted by Crippen LogP contribution is 2.29. The molecule has 18 heavy (non-hydrogen) atoms. The van der Waals surface area contributed by atoms with Crippen molar-refractivity contribution in [3.8, 4) is 0 Å². The van der Waals surface area contributed by atoms with Crippen molar-refractivity contribution in [3.63, 3.8) is 0 Å². The summed E-state index contributed by atoms with van der Waals surface area (Å²) in [5.41, 5.74) is 9.71. The van der Waals surface area contributed by atoms with E-state index in [4.69, 9.17) is 4.98 Å². The average molecular weight is 238 g/mol. The SMILES string of the molecule is CC(C)c1nc(N2CCCC2)cc2c1C=C=C=C2. The minimum atomic E-state index is 0.436. The number of rotatable bonds is 2. The molecule has 0 N–H and O–H groups in total. The number of anilines is 1. The van der Waals surface area contributed by atoms with Gasteiger partial charge in [0.2, 0.25) is 0 Å². The lowest BCUT2D eigenvalue weighted by Crippen LogP contribution is -2.20. The number of aromatic nitrogens is 1. The molecule has 0 atom stereocenters. The van der Waals surface area contributed by atoms with E-state index in [1.165, 1.54) is 29.7 Å². The van der Waals surface area contributed by atoms with Crippen LogP contribution in [0.3, 0.4) is 0 Å². The fourth-order valence-corrected chi connectivity index (χ4v) is 2.64. The highest BCUT2D eigenvalue weighted by Gasteiger charge is 2.18. The maximum Gasteiger partial charge on any atom is 0.129 e. The first-order valence-corrected chi connectivity index (χ1v) is 6.73. The van der Waals surface area contributed by atoms with Gasteiger partial charge in [-0.2, -0.15) is 0 Å². The standard InChI is InChI=1S/C16H18N2/c1-12(2)16-14-8-4-3-7-13(14)11-15(17-16)18-9-5-6-10-18/h7-8,11-12H,5-6,9-10H2,1-2H3. The Morgan fingerprint density at radius 3 is 2.61 bits per heavy atom. The minimum absolute atomic E-state index is 0.436. The highest BCUT2D eigenvalue weighted by atomic mass is 15.2. The Hall–Kier alpha value is -1.75. The number of hydrogen-bond donors (Lipinski definition) is 0. The monoisotopic (exact) mass is 238 g/mol. The van der Waals surface area contributed by atoms with Gasteiger partial charge >= 0.3 is 0 Å². The molecule has 2 heteroatoms. The smallest absolute Gasteiger partial charge is 0.129 e. The second-order valence-corrected chi connectivity index (χ2v) is 5.29. The Kier molecular flexibility index (Phi) is 2.83. The van der Waals surface area contributed by atoms with Gasteiger partial charge in [-0.25, -0.2) is 4.98 Å². The molecule has 2 aliphatic rings. The Morgan fingerprint density at radius 1 is 1.17 bits per heavy atom. The molecule has 2 heterocycles. The van der Waals surface area contributed by atoms with Gasteiger partial charge in [-0.3, -0.25) is 0 Å². The summed E-state index contributed by atoms with van der Waals surface area (Å²) in [6.45, 7) is 6.68. The van der Waals surface area contributed by atoms with E-state index in [0.717, 1.165) is 18.9 Å². The van der Waals surface area contributed by atoms with E-state index in [9.17, 15) is 0 Å². The zero-order valence-electron chi connectivity index (χ0n) is 11.0. The highest BCUT2D eigenvalue weighted by molar-refractivity contribution is 5.72. The van der Waals surface area contributed by atoms with Gasteiger partial charge in [-0.15, -0.1) is 0 Å². The number of nitrogens with zero attached hydrogens (tertiary/aromatic N) is 2. The molecule has 0 unspecified atom stereocenters. The van der Waals surface area contributed by atoms with E-state index < -0.39 is 0 Å². The third-order valence-corrected chi connectivity index (χ3v) is 3.61. The van der Waals surface area contributed by atoms with Crippen molar-refractivity contribution in [2.75, 3.05) is 18.0 Å². The summed E-state index contributed by atoms with van der Waals surface area (Å²) in [5, 5.41) is 0. The normalized spacial score (nSPS) is 16.7. The Labute approximate surface area is 108 Å². The summed E-state index contributed by atoms with van der Waals surface area (Å²) in [5.74, 6) is 1.56. The van der Waals surface area contributed by atoms with E-state index >= 15 is 0 Å². The topological polar surface area (TPSA) is 16.1 Å². The Balaban J connectivity index is 2.11. The molecule has 1 aromatic rings. The zero-order chi connectivity index (χ0) is 12.5. The third-order valence-electron chi connectivity index (χ3n) is 3.61. The quantitative estimate of drug-likeness (QED) is 0.743. The van der Waals surface area contributed by atoms with Crippen molar-refractivity contribution in [2.45, 2.75) is 32.6 Å². The first kappa shape index (κ1) is 11.3. The molecule has 1 aromatic heterocycles. The summed E-state index contributed by atoms with van der Waals surface area (Å²) >= 11 is 0. The molecule has 3 rings (SSSR count). The van der Waals surface area contributed by atoms with Gasteiger partial charge in [-0.05, 0) is 42.5 Å². The van der Waals surface area contributed by atoms with Gasteiger partial charge in [0.15, 0.2) is 0 Å². The molecule has 0 bridgehead atoms. The van der Waals surface area contributed by atoms with E-state index in [2.05, 4.69) is 36.3 Å². The van der Waals surface area contributed by atoms with Crippen LogP contribution in [0.25, 0.3) is 12.2 Å². The van der Waals surface area contributed by atoms with Gasteiger partial charge in [0.1, 0.15) is 5.82 Å². The summed E-state index contributed by atoms with van der Waals surface area (Å²) in [6, 6.07) is 2.19. The van der Waals surface area contributed by atoms with Crippen LogP contribution in [0, 0.1) is 0 Å². The van der Waals surface area contributed by atoms with Crippen LogP contribution in [0.2, 0.25) is 0 Å². The van der Waals surface area contributed by atoms with Crippen LogP contribution in [0.1, 0.15) is 49.4 Å². The van der Waals surface area contributed by atoms with E-state index in [1.54, 1.807) is 0 Å². The summed E-state index contributed by atoms with van der Waals surface area (Å²) in [6.07, 6.45) is 6.59. The van der Waals surface area contributed by atoms with E-state index in [1.807, 2.05) is 12.2 Å². The fraction of sp³-hybridized carbons (Fsp3) is 0.438. The number of pyridine rings is 1. The van der Waals surface area contributed by atoms with Gasteiger partial charge in [-0.1, -0.05) is 25.3 Å². The van der Waals surface area contributed by atoms with Crippen molar-refractivity contribution in [1.29, 1.82) is 0 Å². The molecule has 0 aromatic carbocycles. The molecule has 2 nitrogen and oxygen atoms in total. The molecule has 0 amide bonds. The van der Waals surface area contributed by atoms with Crippen LogP contribution in [-0.4, -0.2) is 18.1 Å². The summed E-state index contributed by atoms with van der Waals surface area (Å²) in [4.78, 5) is 7.27. The van der Waals surface area contributed by atoms with Crippen LogP contribution in [-0.2, 0) is 0 Å². The third kappa shape index (κ3) is 1.90. The molecule has 1 aliphatic carbocycles. The molecule has 1 fully saturated rings. The maximum absolute atomic E-state index is 4.87. The zero-order valence-corrected chi connectivity index (χ0v) is 11.0. The number of fused-ring (bicyclic) bond motifs is 1. The van der Waals surface area contributed by atoms with Crippen LogP contribution < -0.4 is 4.90 Å². The van der Waals surface area contributed by atoms with Crippen molar-refractivity contribution in [2.24, 2.45) is 0 Å². The second-order valence-electron chi connectivity index (χ2n) is 5.29. The van der Waals surface area contributed by atoms with Crippen LogP contribution in [0.4, 0.5) is 5.82 Å². The lowest BCUT2D eigenvalue weighted by atomic mass is 9.97. The van der Waals surface area contributed by atoms with Gasteiger partial charge in [0.25, 0.3) is 0 Å². The largest absolute Gasteiger partial charge is 0.357 e. The van der Waals surface area contributed by atoms with Gasteiger partial charge in [0.05, 0.1) is 5.69 Å². The number of hydrogen-bond acceptors (Lipinski definition) is 2. The van der Waals surface area contributed by atoms with Crippen molar-refractivity contribution >= 4 is 18.0 Å². The fourth-order valence-electron chi connectivity index (χ4n) is 2.64. The van der Waals surface area contributed by atoms with Gasteiger partial charge < -0.3 is 4.90 Å². The van der Waals surface area contributed by atoms with E-state index in [-0.39, 0.29) is 0 Å². The molecule has 0 saturated carbocycles. The van der Waals surface area contributed by atoms with Crippen LogP contribution in [0.15, 0.2) is 17.5 Å². The predicted octanol–water partition coefficient (Wildman–Crippen LogP) is 3.60. The van der Waals surface area contributed by atoms with Crippen LogP contribution in [0.5, 0.6) is 0 Å². The molecule has 1 aliphatic heterocycles. The first-order valence-electron chi connectivity index (χ1n) is 6.73. The lowest BCUT2D eigenvalue weighted by molar-refractivity contribution is 0.807. The molecule has 92 valence electrons. The van der Waals surface area contributed by atoms with Crippen molar-refractivity contribution < 1.29 is 0 Å². The first-order chi connectivity index (χ1) is 8.75. The maximum atomic E-state index is 4.87. The Morgan fingerprint density at radius 2 is 1.89 bits per heavy atom. The molecule has 0 spiro atoms. The lowest BCUT2D eigenvalue weighted by Gasteiger charge is -2.21. The average Bonchev–Trinajstić information content (AvgIpc) is 2.91. The molecule has 1 saturated heterocycles. The van der Waals surface area contributed by atoms with Crippen molar-refractivity contribution in [3.05, 3.63) is 34.3 Å². The van der Waals surface area contributed by atoms with Crippen molar-refractivity contribution in [1.82, 2.24) is 4.98 Å². The Bertz CT molecular complexity index is 565. The predicted molar refractivity (Wildman–Crippen MR) is 75.7 cm³/mol. The molecular formula is C16H18N2. The second kappa shape index (κ2) is 4.49. The van der Waals surface area contributed by atoms with Gasteiger partial charge in [0, 0.05) is 18.7 Å². The minimum Gasteiger partial charge on any atom is -0.357 e. The van der Waals surface area contributed by atoms with E-state index in [0.29, 0.717) is 5.92 Å². The summed E-state index contributed by atoms with van der Waals surface area (Å²) in [7, 11) is 0. The summed E-state index contributed by atoms with van der Waals surface area (Å²) < 4.78 is 0.